The molecule has 0 saturated heterocycles. The topological polar surface area (TPSA) is 35.3 Å². The molecule has 3 heterocycles. The molecule has 5 nitrogen and oxygen atoms in total. The molecule has 0 N–H and O–H groups in total. The number of ether oxygens (including phenoxy) is 1. The van der Waals surface area contributed by atoms with Gasteiger partial charge in [-0.15, -0.1) is 29.7 Å². The summed E-state index contributed by atoms with van der Waals surface area (Å²) >= 11 is 0. The molecule has 0 bridgehead atoms. The Kier molecular flexibility index (Phi) is 7.20. The minimum absolute atomic E-state index is 0. The number of para-hydroxylation sites is 3. The molecular weight excluding hydrogens is 760 g/mol. The molecule has 47 heavy (non-hydrogen) atoms. The Morgan fingerprint density at radius 2 is 1.34 bits per heavy atom. The monoisotopic (exact) mass is 785 g/mol. The van der Waals surface area contributed by atoms with Crippen LogP contribution in [-0.2, 0) is 28.1 Å². The summed E-state index contributed by atoms with van der Waals surface area (Å²) in [5, 5.41) is 2.21. The Balaban J connectivity index is 0.00000324. The van der Waals surface area contributed by atoms with Crippen molar-refractivity contribution in [2.45, 2.75) is 0 Å². The summed E-state index contributed by atoms with van der Waals surface area (Å²) in [6.07, 6.45) is 7.50. The average molecular weight is 786 g/mol. The molecule has 0 amide bonds. The maximum atomic E-state index is 6.44. The number of fused-ring (bicyclic) bond motifs is 7. The van der Waals surface area contributed by atoms with Crippen LogP contribution < -0.4 is 9.30 Å². The molecule has 0 radical (unpaired) electrons. The Morgan fingerprint density at radius 3 is 2.21 bits per heavy atom. The second kappa shape index (κ2) is 11.7. The summed E-state index contributed by atoms with van der Waals surface area (Å²) in [6, 6.07) is 50.5. The van der Waals surface area contributed by atoms with Crippen LogP contribution in [0.25, 0.3) is 61.6 Å². The van der Waals surface area contributed by atoms with Crippen LogP contribution >= 0.6 is 0 Å². The van der Waals surface area contributed by atoms with Crippen molar-refractivity contribution in [1.82, 2.24) is 9.13 Å². The van der Waals surface area contributed by atoms with E-state index in [0.29, 0.717) is 11.5 Å². The number of benzene rings is 6. The van der Waals surface area contributed by atoms with E-state index in [0.717, 1.165) is 55.5 Å². The van der Waals surface area contributed by atoms with Crippen LogP contribution in [0.3, 0.4) is 0 Å². The predicted molar refractivity (Wildman–Crippen MR) is 184 cm³/mol. The number of hydrogen-bond donors (Lipinski definition) is 0. The summed E-state index contributed by atoms with van der Waals surface area (Å²) in [7, 11) is 2.00. The van der Waals surface area contributed by atoms with Crippen molar-refractivity contribution in [2.24, 2.45) is 12.0 Å². The van der Waals surface area contributed by atoms with Gasteiger partial charge in [-0.1, -0.05) is 102 Å². The van der Waals surface area contributed by atoms with E-state index in [2.05, 4.69) is 120 Å². The van der Waals surface area contributed by atoms with E-state index in [1.165, 1.54) is 11.1 Å². The fraction of sp³-hybridized carbons (Fsp3) is 0.0244. The third kappa shape index (κ3) is 4.91. The van der Waals surface area contributed by atoms with Gasteiger partial charge in [-0.3, -0.25) is 0 Å². The molecule has 6 heteroatoms. The van der Waals surface area contributed by atoms with Gasteiger partial charge >= 0.3 is 0 Å². The molecule has 0 saturated carbocycles. The first-order valence-electron chi connectivity index (χ1n) is 15.2. The number of aryl methyl sites for hydroxylation is 1. The molecule has 0 unspecified atom stereocenters. The van der Waals surface area contributed by atoms with Crippen LogP contribution in [0.1, 0.15) is 11.1 Å². The molecule has 2 aromatic heterocycles. The van der Waals surface area contributed by atoms with Crippen molar-refractivity contribution in [3.05, 3.63) is 157 Å². The van der Waals surface area contributed by atoms with Gasteiger partial charge in [0.25, 0.3) is 0 Å². The van der Waals surface area contributed by atoms with Crippen LogP contribution in [0.4, 0.5) is 0 Å². The smallest absolute Gasteiger partial charge is 0.242 e. The molecule has 0 atom stereocenters. The first-order chi connectivity index (χ1) is 22.7. The third-order valence-corrected chi connectivity index (χ3v) is 8.57. The van der Waals surface area contributed by atoms with Gasteiger partial charge in [-0.2, -0.15) is 18.2 Å². The quantitative estimate of drug-likeness (QED) is 0.130. The molecular formula is C41H26N4OPt-2. The van der Waals surface area contributed by atoms with Gasteiger partial charge in [0.1, 0.15) is 5.82 Å². The van der Waals surface area contributed by atoms with Gasteiger partial charge in [0.05, 0.1) is 18.1 Å². The third-order valence-electron chi connectivity index (χ3n) is 8.57. The van der Waals surface area contributed by atoms with E-state index in [-0.39, 0.29) is 21.1 Å². The van der Waals surface area contributed by atoms with Gasteiger partial charge < -0.3 is 18.4 Å². The van der Waals surface area contributed by atoms with Crippen molar-refractivity contribution < 1.29 is 30.4 Å². The zero-order chi connectivity index (χ0) is 30.6. The predicted octanol–water partition coefficient (Wildman–Crippen LogP) is 8.81. The second-order valence-electron chi connectivity index (χ2n) is 11.4. The summed E-state index contributed by atoms with van der Waals surface area (Å²) in [5.74, 6) is 1.99. The van der Waals surface area contributed by atoms with Crippen molar-refractivity contribution in [2.75, 3.05) is 0 Å². The van der Waals surface area contributed by atoms with E-state index < -0.39 is 0 Å². The molecule has 8 aromatic rings. The maximum absolute atomic E-state index is 6.44. The Labute approximate surface area is 286 Å². The van der Waals surface area contributed by atoms with Gasteiger partial charge in [-0.25, -0.2) is 4.99 Å². The van der Waals surface area contributed by atoms with Crippen molar-refractivity contribution in [1.29, 1.82) is 0 Å². The number of aliphatic imine (C=N–C) groups is 1. The number of hydrogen-bond acceptors (Lipinski definition) is 2. The number of aromatic nitrogens is 3. The van der Waals surface area contributed by atoms with Crippen LogP contribution in [0.15, 0.2) is 132 Å². The fourth-order valence-electron chi connectivity index (χ4n) is 6.45. The molecule has 228 valence electrons. The first-order valence-corrected chi connectivity index (χ1v) is 15.2. The zero-order valence-electron chi connectivity index (χ0n) is 25.3. The Morgan fingerprint density at radius 1 is 0.638 bits per heavy atom. The largest absolute Gasteiger partial charge is 0.510 e. The minimum atomic E-state index is 0. The molecule has 0 spiro atoms. The number of nitrogens with zero attached hydrogens (tertiary/aromatic N) is 4. The van der Waals surface area contributed by atoms with E-state index in [4.69, 9.17) is 9.73 Å². The summed E-state index contributed by atoms with van der Waals surface area (Å²) in [6.45, 7) is 0. The molecule has 0 aliphatic carbocycles. The van der Waals surface area contributed by atoms with E-state index >= 15 is 0 Å². The maximum Gasteiger partial charge on any atom is 0.242 e. The van der Waals surface area contributed by atoms with Crippen LogP contribution in [0, 0.1) is 18.5 Å². The van der Waals surface area contributed by atoms with Crippen molar-refractivity contribution in [3.8, 4) is 28.3 Å². The normalized spacial score (nSPS) is 14.0. The Hall–Kier alpha value is -5.51. The van der Waals surface area contributed by atoms with Crippen LogP contribution in [0.2, 0.25) is 0 Å². The van der Waals surface area contributed by atoms with Gasteiger partial charge in [0, 0.05) is 49.9 Å². The summed E-state index contributed by atoms with van der Waals surface area (Å²) in [5.41, 5.74) is 9.45. The van der Waals surface area contributed by atoms with Gasteiger partial charge in [-0.05, 0) is 34.2 Å². The standard InChI is InChI=1S/C41H26N4O.Pt/c1-43-27-44(39-20-9-8-19-38(39)43)30-13-10-14-31(24-30)46-32-21-22-36-35-17-6-7-18-37(35)45(40(36)25-32)41-23-28-11-2-4-15-33(28)34-16-5-3-12-29(34)26-42-41;/h2-23,26H,1H3;/q-2;/b28-23?,29-26?,34-33?,41-23+,42-26-,42-41?;. The first kappa shape index (κ1) is 28.9. The summed E-state index contributed by atoms with van der Waals surface area (Å²) in [4.78, 5) is 5.08. The van der Waals surface area contributed by atoms with Gasteiger partial charge in [0.15, 0.2) is 0 Å². The van der Waals surface area contributed by atoms with E-state index in [9.17, 15) is 0 Å². The molecule has 1 aliphatic heterocycles. The molecule has 9 rings (SSSR count). The fourth-order valence-corrected chi connectivity index (χ4v) is 6.45. The average Bonchev–Trinajstić information content (AvgIpc) is 3.60. The SMILES string of the molecule is C[n+]1[c-]n(-c2[c-]c(Oc3[c-]c4c(cc3)c3ccccc3n4C3=C/c4ccccc4-c4ccccc4/C=N\3)ccc2)c2ccccc21.[Pt]. The summed E-state index contributed by atoms with van der Waals surface area (Å²) < 4.78 is 12.6. The van der Waals surface area contributed by atoms with Gasteiger partial charge in [0.2, 0.25) is 6.33 Å². The van der Waals surface area contributed by atoms with E-state index in [1.807, 2.05) is 58.8 Å². The second-order valence-corrected chi connectivity index (χ2v) is 11.4. The van der Waals surface area contributed by atoms with E-state index in [1.54, 1.807) is 0 Å². The molecule has 1 aliphatic rings. The Bertz CT molecular complexity index is 2540. The number of imidazole rings is 1. The number of rotatable bonds is 4. The minimum Gasteiger partial charge on any atom is -0.510 e. The van der Waals surface area contributed by atoms with Crippen molar-refractivity contribution in [3.63, 3.8) is 0 Å². The van der Waals surface area contributed by atoms with Crippen LogP contribution in [0.5, 0.6) is 11.5 Å². The van der Waals surface area contributed by atoms with Crippen LogP contribution in [-0.4, -0.2) is 15.3 Å². The zero-order valence-corrected chi connectivity index (χ0v) is 27.6. The molecule has 6 aromatic carbocycles. The van der Waals surface area contributed by atoms with Crippen molar-refractivity contribution >= 4 is 51.0 Å². The molecule has 0 fully saturated rings.